The topological polar surface area (TPSA) is 14.1 Å². The summed E-state index contributed by atoms with van der Waals surface area (Å²) in [6.45, 7) is 2.31. The SMILES string of the molecule is C[N+](C)(C)CC1CCC[N]1. The van der Waals surface area contributed by atoms with Crippen molar-refractivity contribution in [2.45, 2.75) is 18.9 Å². The minimum absolute atomic E-state index is 0.653. The Morgan fingerprint density at radius 2 is 2.10 bits per heavy atom. The van der Waals surface area contributed by atoms with Crippen LogP contribution >= 0.6 is 0 Å². The van der Waals surface area contributed by atoms with Crippen LogP contribution in [0.3, 0.4) is 0 Å². The Labute approximate surface area is 63.8 Å². The summed E-state index contributed by atoms with van der Waals surface area (Å²) in [6, 6.07) is 0.653. The number of quaternary nitrogens is 1. The quantitative estimate of drug-likeness (QED) is 0.497. The molecule has 2 nitrogen and oxygen atoms in total. The smallest absolute Gasteiger partial charge is 0.0952 e. The van der Waals surface area contributed by atoms with E-state index in [0.717, 1.165) is 11.0 Å². The number of likely N-dealkylation sites (N-methyl/N-ethyl adjacent to an activating group) is 1. The van der Waals surface area contributed by atoms with E-state index in [0.29, 0.717) is 6.04 Å². The van der Waals surface area contributed by atoms with Crippen LogP contribution in [0.5, 0.6) is 0 Å². The predicted molar refractivity (Wildman–Crippen MR) is 42.9 cm³/mol. The maximum atomic E-state index is 4.51. The zero-order valence-electron chi connectivity index (χ0n) is 7.30. The summed E-state index contributed by atoms with van der Waals surface area (Å²) in [5.41, 5.74) is 0. The molecule has 0 amide bonds. The van der Waals surface area contributed by atoms with Crippen molar-refractivity contribution in [1.29, 1.82) is 0 Å². The lowest BCUT2D eigenvalue weighted by Crippen LogP contribution is -2.42. The van der Waals surface area contributed by atoms with Gasteiger partial charge in [0.05, 0.1) is 33.7 Å². The normalized spacial score (nSPS) is 27.3. The van der Waals surface area contributed by atoms with Gasteiger partial charge in [0.25, 0.3) is 0 Å². The van der Waals surface area contributed by atoms with Crippen molar-refractivity contribution in [3.8, 4) is 0 Å². The number of hydrogen-bond acceptors (Lipinski definition) is 0. The monoisotopic (exact) mass is 142 g/mol. The first-order valence-electron chi connectivity index (χ1n) is 4.05. The van der Waals surface area contributed by atoms with Gasteiger partial charge in [0, 0.05) is 6.54 Å². The summed E-state index contributed by atoms with van der Waals surface area (Å²) < 4.78 is 1.05. The maximum Gasteiger partial charge on any atom is 0.0952 e. The summed E-state index contributed by atoms with van der Waals surface area (Å²) in [5, 5.41) is 4.51. The molecule has 1 aliphatic rings. The first kappa shape index (κ1) is 8.02. The summed E-state index contributed by atoms with van der Waals surface area (Å²) in [7, 11) is 6.69. The molecule has 1 rings (SSSR count). The van der Waals surface area contributed by atoms with Crippen molar-refractivity contribution in [2.24, 2.45) is 0 Å². The molecular formula is C8H18N2+. The average molecular weight is 142 g/mol. The van der Waals surface area contributed by atoms with Crippen LogP contribution in [-0.2, 0) is 0 Å². The highest BCUT2D eigenvalue weighted by molar-refractivity contribution is 4.72. The largest absolute Gasteiger partial charge is 0.330 e. The molecule has 0 saturated carbocycles. The van der Waals surface area contributed by atoms with E-state index in [-0.39, 0.29) is 0 Å². The molecule has 1 atom stereocenters. The fourth-order valence-corrected chi connectivity index (χ4v) is 1.47. The van der Waals surface area contributed by atoms with Crippen LogP contribution in [0.1, 0.15) is 12.8 Å². The lowest BCUT2D eigenvalue weighted by atomic mass is 10.2. The van der Waals surface area contributed by atoms with Gasteiger partial charge in [-0.05, 0) is 12.8 Å². The second-order valence-electron chi connectivity index (χ2n) is 4.18. The van der Waals surface area contributed by atoms with Crippen molar-refractivity contribution in [2.75, 3.05) is 34.2 Å². The van der Waals surface area contributed by atoms with E-state index in [2.05, 4.69) is 26.5 Å². The van der Waals surface area contributed by atoms with Crippen LogP contribution in [0, 0.1) is 0 Å². The van der Waals surface area contributed by atoms with Gasteiger partial charge >= 0.3 is 0 Å². The molecule has 1 fully saturated rings. The van der Waals surface area contributed by atoms with Crippen LogP contribution in [-0.4, -0.2) is 44.8 Å². The molecule has 0 aliphatic carbocycles. The Balaban J connectivity index is 2.24. The van der Waals surface area contributed by atoms with Crippen molar-refractivity contribution < 1.29 is 4.48 Å². The molecular weight excluding hydrogens is 124 g/mol. The van der Waals surface area contributed by atoms with Crippen molar-refractivity contribution in [1.82, 2.24) is 5.32 Å². The van der Waals surface area contributed by atoms with Crippen LogP contribution in [0.2, 0.25) is 0 Å². The van der Waals surface area contributed by atoms with Gasteiger partial charge in [-0.3, -0.25) is 0 Å². The van der Waals surface area contributed by atoms with Gasteiger partial charge in [0.15, 0.2) is 0 Å². The van der Waals surface area contributed by atoms with Gasteiger partial charge in [0.1, 0.15) is 0 Å². The van der Waals surface area contributed by atoms with Gasteiger partial charge in [-0.2, -0.15) is 0 Å². The highest BCUT2D eigenvalue weighted by Crippen LogP contribution is 2.09. The fraction of sp³-hybridized carbons (Fsp3) is 1.00. The van der Waals surface area contributed by atoms with E-state index in [9.17, 15) is 0 Å². The molecule has 0 aromatic carbocycles. The van der Waals surface area contributed by atoms with E-state index in [4.69, 9.17) is 0 Å². The fourth-order valence-electron chi connectivity index (χ4n) is 1.47. The molecule has 0 bridgehead atoms. The molecule has 1 aliphatic heterocycles. The number of rotatable bonds is 2. The molecule has 1 unspecified atom stereocenters. The summed E-state index contributed by atoms with van der Waals surface area (Å²) in [6.07, 6.45) is 2.63. The lowest BCUT2D eigenvalue weighted by molar-refractivity contribution is -0.871. The third-order valence-electron chi connectivity index (χ3n) is 1.84. The minimum Gasteiger partial charge on any atom is -0.330 e. The van der Waals surface area contributed by atoms with Gasteiger partial charge in [-0.25, -0.2) is 5.32 Å². The van der Waals surface area contributed by atoms with E-state index >= 15 is 0 Å². The van der Waals surface area contributed by atoms with Crippen molar-refractivity contribution >= 4 is 0 Å². The van der Waals surface area contributed by atoms with E-state index < -0.39 is 0 Å². The molecule has 2 heteroatoms. The van der Waals surface area contributed by atoms with E-state index in [1.807, 2.05) is 0 Å². The highest BCUT2D eigenvalue weighted by atomic mass is 15.3. The Morgan fingerprint density at radius 3 is 2.50 bits per heavy atom. The van der Waals surface area contributed by atoms with Gasteiger partial charge in [-0.1, -0.05) is 0 Å². The second kappa shape index (κ2) is 2.89. The highest BCUT2D eigenvalue weighted by Gasteiger charge is 2.21. The van der Waals surface area contributed by atoms with Gasteiger partial charge < -0.3 is 4.48 Å². The van der Waals surface area contributed by atoms with Crippen molar-refractivity contribution in [3.63, 3.8) is 0 Å². The van der Waals surface area contributed by atoms with E-state index in [1.165, 1.54) is 19.4 Å². The molecule has 0 aromatic heterocycles. The van der Waals surface area contributed by atoms with Gasteiger partial charge in [-0.15, -0.1) is 0 Å². The number of nitrogens with zero attached hydrogens (tertiary/aromatic N) is 2. The first-order chi connectivity index (χ1) is 4.58. The van der Waals surface area contributed by atoms with Crippen molar-refractivity contribution in [3.05, 3.63) is 0 Å². The molecule has 0 N–H and O–H groups in total. The number of hydrogen-bond donors (Lipinski definition) is 0. The molecule has 59 valence electrons. The molecule has 10 heavy (non-hydrogen) atoms. The van der Waals surface area contributed by atoms with Crippen LogP contribution < -0.4 is 5.32 Å². The molecule has 0 spiro atoms. The third kappa shape index (κ3) is 2.67. The van der Waals surface area contributed by atoms with Crippen LogP contribution in [0.25, 0.3) is 0 Å². The molecule has 1 radical (unpaired) electrons. The Kier molecular flexibility index (Phi) is 2.32. The van der Waals surface area contributed by atoms with Crippen LogP contribution in [0.15, 0.2) is 0 Å². The predicted octanol–water partition coefficient (Wildman–Crippen LogP) is 0.459. The first-order valence-corrected chi connectivity index (χ1v) is 4.05. The summed E-state index contributed by atoms with van der Waals surface area (Å²) in [4.78, 5) is 0. The summed E-state index contributed by atoms with van der Waals surface area (Å²) >= 11 is 0. The molecule has 1 saturated heterocycles. The van der Waals surface area contributed by atoms with Gasteiger partial charge in [0.2, 0.25) is 0 Å². The van der Waals surface area contributed by atoms with E-state index in [1.54, 1.807) is 0 Å². The lowest BCUT2D eigenvalue weighted by Gasteiger charge is -2.26. The second-order valence-corrected chi connectivity index (χ2v) is 4.18. The minimum atomic E-state index is 0.653. The third-order valence-corrected chi connectivity index (χ3v) is 1.84. The standard InChI is InChI=1S/C8H18N2/c1-10(2,3)7-8-5-4-6-9-8/h8H,4-7H2,1-3H3/q+1. The average Bonchev–Trinajstić information content (AvgIpc) is 2.12. The Hall–Kier alpha value is -0.0800. The molecule has 1 heterocycles. The summed E-state index contributed by atoms with van der Waals surface area (Å²) in [5.74, 6) is 0. The Bertz CT molecular complexity index is 98.3. The maximum absolute atomic E-state index is 4.51. The Morgan fingerprint density at radius 1 is 1.40 bits per heavy atom. The zero-order valence-corrected chi connectivity index (χ0v) is 7.30. The van der Waals surface area contributed by atoms with Crippen LogP contribution in [0.4, 0.5) is 0 Å². The zero-order chi connectivity index (χ0) is 7.61. The molecule has 0 aromatic rings.